The standard InChI is InChI=1S/C25H36ClN3O6/c1-16(2)29(18-9-8-10-27(15-18)24(32)33)22(30)17-13-19(26)21-20(14-17)28(11-6-7-12-34-5)23(31)25(3,4)35-21/h13-14,16,18H,6-12,15H2,1-5H3,(H,32,33)/t18-/m1/s1. The van der Waals surface area contributed by atoms with Crippen molar-refractivity contribution in [3.05, 3.63) is 22.7 Å². The van der Waals surface area contributed by atoms with Crippen LogP contribution in [0.3, 0.4) is 0 Å². The molecular formula is C25H36ClN3O6. The van der Waals surface area contributed by atoms with Crippen LogP contribution in [0.25, 0.3) is 0 Å². The van der Waals surface area contributed by atoms with Gasteiger partial charge in [0.2, 0.25) is 0 Å². The molecule has 2 heterocycles. The Balaban J connectivity index is 1.96. The topological polar surface area (TPSA) is 99.6 Å². The highest BCUT2D eigenvalue weighted by atomic mass is 35.5. The maximum atomic E-state index is 13.8. The van der Waals surface area contributed by atoms with E-state index in [-0.39, 0.29) is 35.5 Å². The summed E-state index contributed by atoms with van der Waals surface area (Å²) in [6.07, 6.45) is 1.92. The molecule has 1 fully saturated rings. The first-order valence-corrected chi connectivity index (χ1v) is 12.5. The summed E-state index contributed by atoms with van der Waals surface area (Å²) in [4.78, 5) is 43.2. The second-order valence-corrected chi connectivity index (χ2v) is 10.3. The van der Waals surface area contributed by atoms with Crippen LogP contribution in [0.15, 0.2) is 12.1 Å². The highest BCUT2D eigenvalue weighted by Crippen LogP contribution is 2.44. The number of fused-ring (bicyclic) bond motifs is 1. The van der Waals surface area contributed by atoms with Gasteiger partial charge in [-0.1, -0.05) is 11.6 Å². The molecular weight excluding hydrogens is 474 g/mol. The molecule has 0 saturated carbocycles. The van der Waals surface area contributed by atoms with Gasteiger partial charge in [-0.3, -0.25) is 9.59 Å². The molecule has 1 aromatic rings. The molecule has 0 aliphatic carbocycles. The summed E-state index contributed by atoms with van der Waals surface area (Å²) in [5, 5.41) is 9.70. The van der Waals surface area contributed by atoms with Crippen molar-refractivity contribution in [2.24, 2.45) is 0 Å². The van der Waals surface area contributed by atoms with E-state index in [0.717, 1.165) is 12.8 Å². The summed E-state index contributed by atoms with van der Waals surface area (Å²) >= 11 is 6.61. The van der Waals surface area contributed by atoms with E-state index in [9.17, 15) is 19.5 Å². The summed E-state index contributed by atoms with van der Waals surface area (Å²) in [5.74, 6) is -0.0721. The number of anilines is 1. The van der Waals surface area contributed by atoms with Gasteiger partial charge < -0.3 is 29.3 Å². The summed E-state index contributed by atoms with van der Waals surface area (Å²) in [7, 11) is 1.64. The van der Waals surface area contributed by atoms with Crippen LogP contribution < -0.4 is 9.64 Å². The van der Waals surface area contributed by atoms with E-state index in [1.54, 1.807) is 42.9 Å². The Morgan fingerprint density at radius 3 is 2.66 bits per heavy atom. The number of rotatable bonds is 8. The number of unbranched alkanes of at least 4 members (excludes halogenated alkanes) is 1. The molecule has 2 aliphatic rings. The number of amides is 3. The molecule has 1 N–H and O–H groups in total. The van der Waals surface area contributed by atoms with Gasteiger partial charge in [-0.2, -0.15) is 0 Å². The average molecular weight is 510 g/mol. The molecule has 194 valence electrons. The number of carbonyl (C=O) groups excluding carboxylic acids is 2. The highest BCUT2D eigenvalue weighted by Gasteiger charge is 2.42. The molecule has 1 atom stereocenters. The van der Waals surface area contributed by atoms with E-state index in [4.69, 9.17) is 21.1 Å². The largest absolute Gasteiger partial charge is 0.474 e. The van der Waals surface area contributed by atoms with Crippen molar-refractivity contribution >= 4 is 35.2 Å². The molecule has 1 aromatic carbocycles. The zero-order chi connectivity index (χ0) is 25.9. The first-order valence-electron chi connectivity index (χ1n) is 12.1. The number of piperidine rings is 1. The van der Waals surface area contributed by atoms with Gasteiger partial charge in [0.15, 0.2) is 11.4 Å². The Hall–Kier alpha value is -2.52. The number of benzene rings is 1. The molecule has 3 rings (SSSR count). The number of ether oxygens (including phenoxy) is 2. The van der Waals surface area contributed by atoms with Crippen molar-refractivity contribution in [1.82, 2.24) is 9.80 Å². The Morgan fingerprint density at radius 1 is 1.31 bits per heavy atom. The quantitative estimate of drug-likeness (QED) is 0.525. The number of carboxylic acid groups (broad SMARTS) is 1. The summed E-state index contributed by atoms with van der Waals surface area (Å²) < 4.78 is 11.1. The summed E-state index contributed by atoms with van der Waals surface area (Å²) in [6, 6.07) is 2.84. The van der Waals surface area contributed by atoms with Gasteiger partial charge in [0.1, 0.15) is 0 Å². The second-order valence-electron chi connectivity index (χ2n) is 9.91. The van der Waals surface area contributed by atoms with E-state index in [2.05, 4.69) is 0 Å². The maximum absolute atomic E-state index is 13.8. The summed E-state index contributed by atoms with van der Waals surface area (Å²) in [5.41, 5.74) is -0.273. The van der Waals surface area contributed by atoms with Gasteiger partial charge in [-0.15, -0.1) is 0 Å². The Labute approximate surface area is 211 Å². The van der Waals surface area contributed by atoms with Crippen molar-refractivity contribution < 1.29 is 29.0 Å². The number of likely N-dealkylation sites (tertiary alicyclic amines) is 1. The molecule has 0 unspecified atom stereocenters. The molecule has 0 aromatic heterocycles. The summed E-state index contributed by atoms with van der Waals surface area (Å²) in [6.45, 7) is 8.99. The molecule has 0 radical (unpaired) electrons. The first-order chi connectivity index (χ1) is 16.5. The zero-order valence-electron chi connectivity index (χ0n) is 21.2. The van der Waals surface area contributed by atoms with Crippen molar-refractivity contribution in [2.75, 3.05) is 38.3 Å². The predicted molar refractivity (Wildman–Crippen MR) is 134 cm³/mol. The molecule has 0 spiro atoms. The fourth-order valence-corrected chi connectivity index (χ4v) is 5.05. The molecule has 9 nitrogen and oxygen atoms in total. The molecule has 10 heteroatoms. The second kappa shape index (κ2) is 11.0. The monoisotopic (exact) mass is 509 g/mol. The molecule has 3 amide bonds. The van der Waals surface area contributed by atoms with Crippen LogP contribution in [0.1, 0.15) is 63.7 Å². The van der Waals surface area contributed by atoms with E-state index < -0.39 is 11.7 Å². The third-order valence-corrected chi connectivity index (χ3v) is 6.79. The fraction of sp³-hybridized carbons (Fsp3) is 0.640. The van der Waals surface area contributed by atoms with Crippen LogP contribution in [-0.4, -0.2) is 83.8 Å². The van der Waals surface area contributed by atoms with Crippen LogP contribution in [0.2, 0.25) is 5.02 Å². The third kappa shape index (κ3) is 5.83. The zero-order valence-corrected chi connectivity index (χ0v) is 21.9. The van der Waals surface area contributed by atoms with Gasteiger partial charge >= 0.3 is 6.09 Å². The van der Waals surface area contributed by atoms with Crippen LogP contribution in [0.5, 0.6) is 5.75 Å². The molecule has 35 heavy (non-hydrogen) atoms. The van der Waals surface area contributed by atoms with Gasteiger partial charge in [0, 0.05) is 45.0 Å². The maximum Gasteiger partial charge on any atom is 0.407 e. The van der Waals surface area contributed by atoms with Gasteiger partial charge in [-0.05, 0) is 65.5 Å². The van der Waals surface area contributed by atoms with E-state index in [0.29, 0.717) is 49.5 Å². The molecule has 0 bridgehead atoms. The van der Waals surface area contributed by atoms with Gasteiger partial charge in [-0.25, -0.2) is 4.79 Å². The minimum atomic E-state index is -1.09. The SMILES string of the molecule is COCCCCN1C(=O)C(C)(C)Oc2c(Cl)cc(C(=O)N(C(C)C)[C@@H]3CCCN(C(=O)O)C3)cc21. The van der Waals surface area contributed by atoms with Crippen molar-refractivity contribution in [1.29, 1.82) is 0 Å². The lowest BCUT2D eigenvalue weighted by Gasteiger charge is -2.41. The highest BCUT2D eigenvalue weighted by molar-refractivity contribution is 6.33. The van der Waals surface area contributed by atoms with Crippen molar-refractivity contribution in [3.8, 4) is 5.75 Å². The Bertz CT molecular complexity index is 967. The number of halogens is 1. The van der Waals surface area contributed by atoms with E-state index in [1.165, 1.54) is 4.90 Å². The fourth-order valence-electron chi connectivity index (χ4n) is 4.80. The van der Waals surface area contributed by atoms with Gasteiger partial charge in [0.05, 0.1) is 16.8 Å². The normalized spacial score (nSPS) is 19.4. The Morgan fingerprint density at radius 2 is 2.03 bits per heavy atom. The third-order valence-electron chi connectivity index (χ3n) is 6.51. The lowest BCUT2D eigenvalue weighted by atomic mass is 9.99. The Kier molecular flexibility index (Phi) is 8.54. The number of hydrogen-bond donors (Lipinski definition) is 1. The molecule has 1 saturated heterocycles. The average Bonchev–Trinajstić information content (AvgIpc) is 2.79. The van der Waals surface area contributed by atoms with Crippen molar-refractivity contribution in [3.63, 3.8) is 0 Å². The van der Waals surface area contributed by atoms with Crippen LogP contribution in [0.4, 0.5) is 10.5 Å². The first kappa shape index (κ1) is 27.1. The van der Waals surface area contributed by atoms with Crippen LogP contribution >= 0.6 is 11.6 Å². The smallest absolute Gasteiger partial charge is 0.407 e. The van der Waals surface area contributed by atoms with E-state index >= 15 is 0 Å². The lowest BCUT2D eigenvalue weighted by Crippen LogP contribution is -2.54. The van der Waals surface area contributed by atoms with Gasteiger partial charge in [0.25, 0.3) is 11.8 Å². The van der Waals surface area contributed by atoms with E-state index in [1.807, 2.05) is 13.8 Å². The lowest BCUT2D eigenvalue weighted by molar-refractivity contribution is -0.132. The minimum absolute atomic E-state index is 0.155. The predicted octanol–water partition coefficient (Wildman–Crippen LogP) is 4.26. The number of carbonyl (C=O) groups is 3. The minimum Gasteiger partial charge on any atom is -0.474 e. The van der Waals surface area contributed by atoms with Crippen molar-refractivity contribution in [2.45, 2.75) is 71.1 Å². The molecule has 2 aliphatic heterocycles. The number of nitrogens with zero attached hydrogens (tertiary/aromatic N) is 3. The van der Waals surface area contributed by atoms with Crippen LogP contribution in [-0.2, 0) is 9.53 Å². The van der Waals surface area contributed by atoms with Crippen LogP contribution in [0, 0.1) is 0 Å². The number of hydrogen-bond acceptors (Lipinski definition) is 5. The number of methoxy groups -OCH3 is 1.